The van der Waals surface area contributed by atoms with Gasteiger partial charge in [0.25, 0.3) is 0 Å². The van der Waals surface area contributed by atoms with Gasteiger partial charge in [0.1, 0.15) is 22.3 Å². The van der Waals surface area contributed by atoms with Crippen molar-refractivity contribution >= 4 is 0 Å². The SMILES string of the molecule is Cn1c2cccccc-2c([C+](c2ccc([C+](c3c4cccccc-4n(C)c3=O)c3c4cccccc-4n(C)c3=O)cc2)c2c3cccccc-3n(C)c2=O)c1=O. The molecule has 9 rings (SSSR count). The summed E-state index contributed by atoms with van der Waals surface area (Å²) < 4.78 is 6.47. The fourth-order valence-electron chi connectivity index (χ4n) is 8.33. The number of fused-ring (bicyclic) bond motifs is 4. The summed E-state index contributed by atoms with van der Waals surface area (Å²) in [6.45, 7) is 0. The smallest absolute Gasteiger partial charge is 0.283 e. The molecule has 0 radical (unpaired) electrons. The van der Waals surface area contributed by atoms with Gasteiger partial charge in [-0.3, -0.25) is 18.3 Å². The first-order valence-corrected chi connectivity index (χ1v) is 18.4. The van der Waals surface area contributed by atoms with Gasteiger partial charge in [0, 0.05) is 52.5 Å². The van der Waals surface area contributed by atoms with Gasteiger partial charge in [-0.05, 0) is 48.5 Å². The van der Waals surface area contributed by atoms with Crippen LogP contribution in [0.2, 0.25) is 0 Å². The minimum Gasteiger partial charge on any atom is -0.283 e. The average molecular weight is 733 g/mol. The molecule has 0 aromatic heterocycles. The summed E-state index contributed by atoms with van der Waals surface area (Å²) in [5.74, 6) is 1.01. The second-order valence-corrected chi connectivity index (χ2v) is 14.1. The summed E-state index contributed by atoms with van der Waals surface area (Å²) in [4.78, 5) is 57.5. The zero-order valence-corrected chi connectivity index (χ0v) is 31.3. The third-order valence-corrected chi connectivity index (χ3v) is 11.1. The normalized spacial score (nSPS) is 11.5. The molecule has 8 aliphatic rings. The molecule has 0 spiro atoms. The van der Waals surface area contributed by atoms with Crippen LogP contribution in [0, 0.1) is 11.8 Å². The molecule has 0 atom stereocenters. The summed E-state index contributed by atoms with van der Waals surface area (Å²) >= 11 is 0. The zero-order chi connectivity index (χ0) is 38.8. The van der Waals surface area contributed by atoms with Crippen molar-refractivity contribution in [2.75, 3.05) is 0 Å². The van der Waals surface area contributed by atoms with Gasteiger partial charge in [-0.2, -0.15) is 0 Å². The highest BCUT2D eigenvalue weighted by Crippen LogP contribution is 2.43. The monoisotopic (exact) mass is 732 g/mol. The Morgan fingerprint density at radius 2 is 0.518 bits per heavy atom. The van der Waals surface area contributed by atoms with Crippen molar-refractivity contribution in [3.63, 3.8) is 0 Å². The van der Waals surface area contributed by atoms with Crippen LogP contribution in [0.1, 0.15) is 33.4 Å². The van der Waals surface area contributed by atoms with E-state index < -0.39 is 0 Å². The van der Waals surface area contributed by atoms with E-state index >= 15 is 0 Å². The van der Waals surface area contributed by atoms with Gasteiger partial charge in [-0.15, -0.1) is 0 Å². The van der Waals surface area contributed by atoms with Crippen LogP contribution in [-0.2, 0) is 28.2 Å². The van der Waals surface area contributed by atoms with Gasteiger partial charge < -0.3 is 0 Å². The quantitative estimate of drug-likeness (QED) is 0.174. The fourth-order valence-corrected chi connectivity index (χ4v) is 8.33. The van der Waals surface area contributed by atoms with E-state index in [1.807, 2.05) is 146 Å². The molecule has 0 unspecified atom stereocenters. The Hall–Kier alpha value is -7.32. The van der Waals surface area contributed by atoms with Crippen molar-refractivity contribution in [2.45, 2.75) is 0 Å². The molecule has 4 aliphatic heterocycles. The minimum absolute atomic E-state index is 0.228. The first kappa shape index (κ1) is 34.4. The van der Waals surface area contributed by atoms with Crippen LogP contribution >= 0.6 is 0 Å². The molecule has 0 fully saturated rings. The van der Waals surface area contributed by atoms with E-state index in [1.54, 1.807) is 46.5 Å². The van der Waals surface area contributed by atoms with Crippen molar-refractivity contribution in [1.82, 2.24) is 18.3 Å². The van der Waals surface area contributed by atoms with Gasteiger partial charge in [-0.25, -0.2) is 19.2 Å². The number of aromatic nitrogens is 4. The van der Waals surface area contributed by atoms with Gasteiger partial charge in [-0.1, -0.05) is 72.8 Å². The van der Waals surface area contributed by atoms with Crippen LogP contribution in [0.25, 0.3) is 45.0 Å². The molecular weight excluding hydrogens is 697 g/mol. The molecule has 0 N–H and O–H groups in total. The highest BCUT2D eigenvalue weighted by molar-refractivity contribution is 5.83. The molecule has 8 heteroatoms. The van der Waals surface area contributed by atoms with Crippen LogP contribution < -0.4 is 22.2 Å². The Morgan fingerprint density at radius 3 is 0.750 bits per heavy atom. The second kappa shape index (κ2) is 13.2. The lowest BCUT2D eigenvalue weighted by Gasteiger charge is -2.14. The van der Waals surface area contributed by atoms with E-state index in [1.165, 1.54) is 0 Å². The van der Waals surface area contributed by atoms with Crippen molar-refractivity contribution in [3.05, 3.63) is 232 Å². The Kier molecular flexibility index (Phi) is 8.13. The minimum atomic E-state index is -0.228. The lowest BCUT2D eigenvalue weighted by atomic mass is 9.80. The van der Waals surface area contributed by atoms with E-state index in [9.17, 15) is 19.2 Å². The number of rotatable bonds is 6. The average Bonchev–Trinajstić information content (AvgIpc) is 3.55. The molecule has 1 aromatic carbocycles. The fraction of sp³-hybridized carbons (Fsp3) is 0.0833. The van der Waals surface area contributed by atoms with Gasteiger partial charge in [0.2, 0.25) is 0 Å². The van der Waals surface area contributed by atoms with Crippen molar-refractivity contribution in [1.29, 1.82) is 0 Å². The molecule has 8 nitrogen and oxygen atoms in total. The highest BCUT2D eigenvalue weighted by atomic mass is 16.1. The molecule has 1 aromatic rings. The standard InChI is InChI=1S/C48H36N4O4/c1-49-35-21-13-5-9-17-31(35)41(45(49)53)39(42-32-18-10-6-14-22-36(32)50(2)46(42)54)29-25-27-30(28-26-29)40(43-33-19-11-7-15-23-37(33)51(3)47(43)55)44-34-20-12-8-16-24-38(34)52(4)48(44)56/h5-28H,1-4H3/q+2. The lowest BCUT2D eigenvalue weighted by Crippen LogP contribution is -2.25. The predicted octanol–water partition coefficient (Wildman–Crippen LogP) is 6.94. The number of benzene rings is 1. The molecule has 0 saturated heterocycles. The first-order chi connectivity index (χ1) is 27.2. The van der Waals surface area contributed by atoms with Crippen molar-refractivity contribution in [3.8, 4) is 45.0 Å². The van der Waals surface area contributed by atoms with Gasteiger partial charge in [0.05, 0.1) is 68.0 Å². The van der Waals surface area contributed by atoms with Crippen LogP contribution in [0.15, 0.2) is 165 Å². The van der Waals surface area contributed by atoms with Crippen molar-refractivity contribution < 1.29 is 0 Å². The van der Waals surface area contributed by atoms with Gasteiger partial charge >= 0.3 is 22.2 Å². The second-order valence-electron chi connectivity index (χ2n) is 14.1. The molecule has 0 bridgehead atoms. The van der Waals surface area contributed by atoms with Crippen LogP contribution in [0.3, 0.4) is 0 Å². The summed E-state index contributed by atoms with van der Waals surface area (Å²) in [7, 11) is 6.97. The Labute approximate surface area is 322 Å². The summed E-state index contributed by atoms with van der Waals surface area (Å²) in [5, 5.41) is 0. The predicted molar refractivity (Wildman–Crippen MR) is 221 cm³/mol. The summed E-state index contributed by atoms with van der Waals surface area (Å²) in [6.07, 6.45) is 0. The summed E-state index contributed by atoms with van der Waals surface area (Å²) in [5.41, 5.74) is 7.81. The van der Waals surface area contributed by atoms with Crippen molar-refractivity contribution in [2.24, 2.45) is 28.2 Å². The topological polar surface area (TPSA) is 88.0 Å². The van der Waals surface area contributed by atoms with E-state index in [2.05, 4.69) is 0 Å². The van der Waals surface area contributed by atoms with Crippen LogP contribution in [0.4, 0.5) is 0 Å². The largest absolute Gasteiger partial charge is 0.307 e. The maximum Gasteiger partial charge on any atom is 0.307 e. The van der Waals surface area contributed by atoms with Crippen LogP contribution in [-0.4, -0.2) is 18.3 Å². The number of hydrogen-bond donors (Lipinski definition) is 0. The zero-order valence-electron chi connectivity index (χ0n) is 31.3. The third kappa shape index (κ3) is 5.06. The molecule has 270 valence electrons. The molecule has 4 aliphatic carbocycles. The Balaban J connectivity index is 1.33. The summed E-state index contributed by atoms with van der Waals surface area (Å²) in [6, 6.07) is 45.6. The maximum atomic E-state index is 14.4. The van der Waals surface area contributed by atoms with Gasteiger partial charge in [0.15, 0.2) is 0 Å². The maximum absolute atomic E-state index is 14.4. The molecule has 56 heavy (non-hydrogen) atoms. The molecule has 0 saturated carbocycles. The Morgan fingerprint density at radius 1 is 0.304 bits per heavy atom. The lowest BCUT2D eigenvalue weighted by molar-refractivity contribution is 0.882. The third-order valence-electron chi connectivity index (χ3n) is 11.1. The van der Waals surface area contributed by atoms with E-state index in [-0.39, 0.29) is 22.2 Å². The number of hydrogen-bond acceptors (Lipinski definition) is 4. The first-order valence-electron chi connectivity index (χ1n) is 18.4. The van der Waals surface area contributed by atoms with E-state index in [4.69, 9.17) is 0 Å². The number of nitrogens with zero attached hydrogens (tertiary/aromatic N) is 4. The van der Waals surface area contributed by atoms with E-state index in [0.717, 1.165) is 22.8 Å². The molecular formula is C48H36N4O4+2. The Bertz CT molecular complexity index is 2680. The highest BCUT2D eigenvalue weighted by Gasteiger charge is 2.42. The van der Waals surface area contributed by atoms with Crippen LogP contribution in [0.5, 0.6) is 0 Å². The van der Waals surface area contributed by atoms with E-state index in [0.29, 0.717) is 67.5 Å². The molecule has 4 heterocycles. The molecule has 0 amide bonds.